The average molecular weight is 376 g/mol. The van der Waals surface area contributed by atoms with Gasteiger partial charge >= 0.3 is 6.18 Å². The van der Waals surface area contributed by atoms with Crippen molar-refractivity contribution in [3.8, 4) is 11.5 Å². The van der Waals surface area contributed by atoms with Crippen molar-refractivity contribution in [2.24, 2.45) is 0 Å². The zero-order valence-electron chi connectivity index (χ0n) is 15.3. The maximum atomic E-state index is 12.3. The largest absolute Gasteiger partial charge is 0.490 e. The molecular formula is C18H27F3N2O3. The van der Waals surface area contributed by atoms with Crippen LogP contribution in [0.5, 0.6) is 11.5 Å². The molecule has 0 radical (unpaired) electrons. The van der Waals surface area contributed by atoms with Gasteiger partial charge in [0, 0.05) is 32.2 Å². The summed E-state index contributed by atoms with van der Waals surface area (Å²) in [5.41, 5.74) is 0.932. The summed E-state index contributed by atoms with van der Waals surface area (Å²) in [7, 11) is 0. The number of halogens is 3. The van der Waals surface area contributed by atoms with Gasteiger partial charge in [0.2, 0.25) is 0 Å². The number of hydrogen-bond acceptors (Lipinski definition) is 5. The lowest BCUT2D eigenvalue weighted by Gasteiger charge is -2.32. The number of rotatable bonds is 9. The van der Waals surface area contributed by atoms with Gasteiger partial charge in [-0.2, -0.15) is 13.2 Å². The molecule has 8 heteroatoms. The van der Waals surface area contributed by atoms with Crippen LogP contribution < -0.4 is 14.8 Å². The molecule has 1 aromatic rings. The van der Waals surface area contributed by atoms with Gasteiger partial charge in [0.05, 0.1) is 19.8 Å². The second-order valence-corrected chi connectivity index (χ2v) is 6.25. The van der Waals surface area contributed by atoms with E-state index < -0.39 is 12.8 Å². The van der Waals surface area contributed by atoms with Crippen molar-refractivity contribution in [1.82, 2.24) is 10.2 Å². The van der Waals surface area contributed by atoms with Gasteiger partial charge in [0.25, 0.3) is 0 Å². The molecule has 0 aliphatic carbocycles. The number of hydrogen-bond donors (Lipinski definition) is 1. The van der Waals surface area contributed by atoms with Gasteiger partial charge in [-0.25, -0.2) is 0 Å². The number of ether oxygens (including phenoxy) is 3. The second kappa shape index (κ2) is 9.99. The van der Waals surface area contributed by atoms with Crippen molar-refractivity contribution in [2.45, 2.75) is 32.6 Å². The molecule has 1 aromatic carbocycles. The molecule has 0 amide bonds. The van der Waals surface area contributed by atoms with Crippen molar-refractivity contribution < 1.29 is 27.4 Å². The quantitative estimate of drug-likeness (QED) is 0.718. The van der Waals surface area contributed by atoms with Crippen molar-refractivity contribution in [1.29, 1.82) is 0 Å². The summed E-state index contributed by atoms with van der Waals surface area (Å²) in [4.78, 5) is 2.37. The fraction of sp³-hybridized carbons (Fsp3) is 0.667. The minimum Gasteiger partial charge on any atom is -0.490 e. The van der Waals surface area contributed by atoms with Gasteiger partial charge in [-0.1, -0.05) is 6.07 Å². The maximum absolute atomic E-state index is 12.3. The van der Waals surface area contributed by atoms with Crippen molar-refractivity contribution >= 4 is 0 Å². The number of alkyl halides is 3. The second-order valence-electron chi connectivity index (χ2n) is 6.25. The van der Waals surface area contributed by atoms with Crippen molar-refractivity contribution in [2.75, 3.05) is 46.1 Å². The third-order valence-electron chi connectivity index (χ3n) is 4.14. The van der Waals surface area contributed by atoms with E-state index in [-0.39, 0.29) is 5.75 Å². The van der Waals surface area contributed by atoms with E-state index in [0.29, 0.717) is 24.9 Å². The fourth-order valence-electron chi connectivity index (χ4n) is 2.78. The molecule has 5 nitrogen and oxygen atoms in total. The monoisotopic (exact) mass is 376 g/mol. The third-order valence-corrected chi connectivity index (χ3v) is 4.14. The van der Waals surface area contributed by atoms with E-state index in [1.807, 2.05) is 0 Å². The molecule has 26 heavy (non-hydrogen) atoms. The first-order valence-electron chi connectivity index (χ1n) is 8.87. The SMILES string of the molecule is CCOc1cc(CNCC(C)N2CCOCC2)ccc1OCC(F)(F)F. The summed E-state index contributed by atoms with van der Waals surface area (Å²) in [6.07, 6.45) is -4.38. The van der Waals surface area contributed by atoms with Gasteiger partial charge in [0.15, 0.2) is 18.1 Å². The molecule has 0 spiro atoms. The Kier molecular flexibility index (Phi) is 7.99. The number of benzene rings is 1. The van der Waals surface area contributed by atoms with Crippen LogP contribution in [0.2, 0.25) is 0 Å². The summed E-state index contributed by atoms with van der Waals surface area (Å²) < 4.78 is 52.7. The van der Waals surface area contributed by atoms with E-state index in [2.05, 4.69) is 17.1 Å². The first-order valence-corrected chi connectivity index (χ1v) is 8.87. The van der Waals surface area contributed by atoms with Crippen LogP contribution in [0, 0.1) is 0 Å². The number of nitrogens with one attached hydrogen (secondary N) is 1. The summed E-state index contributed by atoms with van der Waals surface area (Å²) in [5.74, 6) is 0.437. The van der Waals surface area contributed by atoms with Crippen LogP contribution in [0.15, 0.2) is 18.2 Å². The first-order chi connectivity index (χ1) is 12.4. The predicted molar refractivity (Wildman–Crippen MR) is 92.7 cm³/mol. The molecule has 0 bridgehead atoms. The average Bonchev–Trinajstić information content (AvgIpc) is 2.61. The van der Waals surface area contributed by atoms with E-state index in [0.717, 1.165) is 38.4 Å². The molecule has 148 valence electrons. The highest BCUT2D eigenvalue weighted by atomic mass is 19.4. The summed E-state index contributed by atoms with van der Waals surface area (Å²) >= 11 is 0. The molecule has 1 saturated heterocycles. The van der Waals surface area contributed by atoms with Crippen molar-refractivity contribution in [3.63, 3.8) is 0 Å². The standard InChI is InChI=1S/C18H27F3N2O3/c1-3-25-17-10-15(4-5-16(17)26-13-18(19,20)21)12-22-11-14(2)23-6-8-24-9-7-23/h4-5,10,14,22H,3,6-9,11-13H2,1-2H3. The van der Waals surface area contributed by atoms with E-state index >= 15 is 0 Å². The van der Waals surface area contributed by atoms with E-state index in [1.54, 1.807) is 19.1 Å². The van der Waals surface area contributed by atoms with Gasteiger partial charge in [0.1, 0.15) is 0 Å². The Morgan fingerprint density at radius 2 is 1.92 bits per heavy atom. The molecular weight excluding hydrogens is 349 g/mol. The Hall–Kier alpha value is -1.51. The molecule has 1 fully saturated rings. The van der Waals surface area contributed by atoms with Crippen LogP contribution in [-0.4, -0.2) is 63.2 Å². The van der Waals surface area contributed by atoms with Crippen LogP contribution in [-0.2, 0) is 11.3 Å². The van der Waals surface area contributed by atoms with Crippen LogP contribution in [0.4, 0.5) is 13.2 Å². The Bertz CT molecular complexity index is 549. The Balaban J connectivity index is 1.87. The normalized spacial score (nSPS) is 17.1. The Morgan fingerprint density at radius 3 is 2.58 bits per heavy atom. The van der Waals surface area contributed by atoms with Crippen LogP contribution >= 0.6 is 0 Å². The van der Waals surface area contributed by atoms with Gasteiger partial charge in [-0.3, -0.25) is 4.90 Å². The summed E-state index contributed by atoms with van der Waals surface area (Å²) in [6.45, 7) is 7.79. The minimum absolute atomic E-state index is 0.106. The molecule has 1 unspecified atom stereocenters. The lowest BCUT2D eigenvalue weighted by Crippen LogP contribution is -2.46. The lowest BCUT2D eigenvalue weighted by molar-refractivity contribution is -0.153. The molecule has 1 heterocycles. The number of morpholine rings is 1. The molecule has 1 aliphatic rings. The maximum Gasteiger partial charge on any atom is 0.422 e. The first kappa shape index (κ1) is 20.8. The summed E-state index contributed by atoms with van der Waals surface area (Å²) in [5, 5.41) is 3.38. The van der Waals surface area contributed by atoms with Gasteiger partial charge in [-0.15, -0.1) is 0 Å². The zero-order chi connectivity index (χ0) is 19.0. The van der Waals surface area contributed by atoms with Crippen LogP contribution in [0.1, 0.15) is 19.4 Å². The highest BCUT2D eigenvalue weighted by Crippen LogP contribution is 2.30. The van der Waals surface area contributed by atoms with Crippen molar-refractivity contribution in [3.05, 3.63) is 23.8 Å². The smallest absolute Gasteiger partial charge is 0.422 e. The highest BCUT2D eigenvalue weighted by Gasteiger charge is 2.29. The molecule has 1 aliphatic heterocycles. The predicted octanol–water partition coefficient (Wildman–Crippen LogP) is 2.84. The van der Waals surface area contributed by atoms with Gasteiger partial charge in [-0.05, 0) is 31.5 Å². The van der Waals surface area contributed by atoms with E-state index in [9.17, 15) is 13.2 Å². The molecule has 1 atom stereocenters. The number of nitrogens with zero attached hydrogens (tertiary/aromatic N) is 1. The zero-order valence-corrected chi connectivity index (χ0v) is 15.3. The van der Waals surface area contributed by atoms with Gasteiger partial charge < -0.3 is 19.5 Å². The van der Waals surface area contributed by atoms with E-state index in [4.69, 9.17) is 14.2 Å². The summed E-state index contributed by atoms with van der Waals surface area (Å²) in [6, 6.07) is 5.39. The van der Waals surface area contributed by atoms with Crippen LogP contribution in [0.3, 0.4) is 0 Å². The lowest BCUT2D eigenvalue weighted by atomic mass is 10.2. The highest BCUT2D eigenvalue weighted by molar-refractivity contribution is 5.43. The molecule has 2 rings (SSSR count). The Morgan fingerprint density at radius 1 is 1.19 bits per heavy atom. The minimum atomic E-state index is -4.38. The molecule has 0 aromatic heterocycles. The third kappa shape index (κ3) is 7.01. The fourth-order valence-corrected chi connectivity index (χ4v) is 2.78. The molecule has 0 saturated carbocycles. The van der Waals surface area contributed by atoms with E-state index in [1.165, 1.54) is 6.07 Å². The molecule has 1 N–H and O–H groups in total. The van der Waals surface area contributed by atoms with Crippen LogP contribution in [0.25, 0.3) is 0 Å². The Labute approximate surface area is 152 Å². The topological polar surface area (TPSA) is 43.0 Å².